The molecule has 0 saturated heterocycles. The Kier molecular flexibility index (Phi) is 3.83. The molecule has 0 aliphatic carbocycles. The number of anilines is 2. The Hall–Kier alpha value is -3.10. The molecule has 4 rings (SSSR count). The number of hydrazine groups is 2. The van der Waals surface area contributed by atoms with Gasteiger partial charge < -0.3 is 18.3 Å². The normalized spacial score (nSPS) is 16.9. The molecule has 0 amide bonds. The van der Waals surface area contributed by atoms with Gasteiger partial charge in [-0.15, -0.1) is 0 Å². The van der Waals surface area contributed by atoms with Crippen LogP contribution in [0, 0.1) is 0 Å². The van der Waals surface area contributed by atoms with Crippen molar-refractivity contribution in [3.63, 3.8) is 0 Å². The maximum Gasteiger partial charge on any atom is 0.534 e. The summed E-state index contributed by atoms with van der Waals surface area (Å²) < 4.78 is 70.5. The van der Waals surface area contributed by atoms with Gasteiger partial charge in [0.05, 0.1) is 23.5 Å². The third kappa shape index (κ3) is 2.98. The van der Waals surface area contributed by atoms with Gasteiger partial charge in [-0.05, 0) is 12.1 Å². The van der Waals surface area contributed by atoms with Crippen molar-refractivity contribution in [3.8, 4) is 5.75 Å². The Balaban J connectivity index is 1.83. The van der Waals surface area contributed by atoms with Crippen molar-refractivity contribution in [2.24, 2.45) is 0 Å². The van der Waals surface area contributed by atoms with Crippen LogP contribution in [0.2, 0.25) is 0 Å². The lowest BCUT2D eigenvalue weighted by molar-refractivity contribution is -0.0499. The second kappa shape index (κ2) is 5.97. The number of rotatable bonds is 4. The minimum atomic E-state index is -5.88. The van der Waals surface area contributed by atoms with E-state index < -0.39 is 21.4 Å². The third-order valence-corrected chi connectivity index (χ3v) is 4.42. The quantitative estimate of drug-likeness (QED) is 0.579. The molecule has 0 fully saturated rings. The predicted octanol–water partition coefficient (Wildman–Crippen LogP) is 2.12. The summed E-state index contributed by atoms with van der Waals surface area (Å²) in [6.45, 7) is 0. The molecule has 0 atom stereocenters. The monoisotopic (exact) mass is 406 g/mol. The number of halogens is 3. The predicted molar refractivity (Wildman–Crippen MR) is 83.5 cm³/mol. The van der Waals surface area contributed by atoms with Crippen LogP contribution in [0.25, 0.3) is 11.0 Å². The first-order chi connectivity index (χ1) is 12.8. The fourth-order valence-corrected chi connectivity index (χ4v) is 2.76. The second-order valence-corrected chi connectivity index (χ2v) is 6.66. The van der Waals surface area contributed by atoms with Crippen LogP contribution in [-0.2, 0) is 19.8 Å². The van der Waals surface area contributed by atoms with E-state index in [9.17, 15) is 21.6 Å². The SMILES string of the molecule is O=S(=O)(Oc1ccc(N2C=CON2)c2cc(N3C=CON3)oc12)C(F)(F)F. The molecule has 0 bridgehead atoms. The van der Waals surface area contributed by atoms with Crippen molar-refractivity contribution in [1.29, 1.82) is 0 Å². The average Bonchev–Trinajstić information content (AvgIpc) is 3.34. The summed E-state index contributed by atoms with van der Waals surface area (Å²) in [7, 11) is -5.88. The molecule has 1 aromatic carbocycles. The molecule has 0 unspecified atom stereocenters. The summed E-state index contributed by atoms with van der Waals surface area (Å²) in [6.07, 6.45) is 5.54. The van der Waals surface area contributed by atoms with E-state index in [4.69, 9.17) is 14.1 Å². The fourth-order valence-electron chi connectivity index (χ4n) is 2.30. The maximum absolute atomic E-state index is 12.7. The molecular formula is C13H9F3N4O6S. The lowest BCUT2D eigenvalue weighted by atomic mass is 10.2. The van der Waals surface area contributed by atoms with Crippen molar-refractivity contribution in [3.05, 3.63) is 43.1 Å². The van der Waals surface area contributed by atoms with Crippen LogP contribution < -0.4 is 25.4 Å². The van der Waals surface area contributed by atoms with Crippen molar-refractivity contribution >= 4 is 32.7 Å². The molecule has 0 saturated carbocycles. The van der Waals surface area contributed by atoms with Gasteiger partial charge in [-0.1, -0.05) is 11.2 Å². The minimum Gasteiger partial charge on any atom is -0.435 e. The van der Waals surface area contributed by atoms with Crippen molar-refractivity contribution < 1.29 is 39.9 Å². The highest BCUT2D eigenvalue weighted by molar-refractivity contribution is 7.88. The molecule has 144 valence electrons. The van der Waals surface area contributed by atoms with Crippen molar-refractivity contribution in [2.45, 2.75) is 5.51 Å². The van der Waals surface area contributed by atoms with Crippen LogP contribution in [0.15, 0.2) is 47.5 Å². The van der Waals surface area contributed by atoms with Crippen LogP contribution in [0.4, 0.5) is 24.7 Å². The van der Waals surface area contributed by atoms with Crippen molar-refractivity contribution in [2.75, 3.05) is 10.0 Å². The van der Waals surface area contributed by atoms with Gasteiger partial charge in [-0.3, -0.25) is 0 Å². The van der Waals surface area contributed by atoms with Crippen molar-refractivity contribution in [1.82, 2.24) is 11.2 Å². The van der Waals surface area contributed by atoms with Gasteiger partial charge in [0, 0.05) is 6.07 Å². The topological polar surface area (TPSA) is 106 Å². The lowest BCUT2D eigenvalue weighted by Crippen LogP contribution is -2.28. The molecule has 27 heavy (non-hydrogen) atoms. The Labute approximate surface area is 148 Å². The summed E-state index contributed by atoms with van der Waals surface area (Å²) in [5, 5.41) is 2.91. The summed E-state index contributed by atoms with van der Waals surface area (Å²) in [5.74, 6) is -0.532. The van der Waals surface area contributed by atoms with Crippen LogP contribution in [0.3, 0.4) is 0 Å². The van der Waals surface area contributed by atoms with Gasteiger partial charge in [0.15, 0.2) is 11.3 Å². The number of nitrogens with one attached hydrogen (secondary N) is 2. The molecule has 14 heteroatoms. The fraction of sp³-hybridized carbons (Fsp3) is 0.0769. The number of benzene rings is 1. The first kappa shape index (κ1) is 17.3. The van der Waals surface area contributed by atoms with Gasteiger partial charge in [0.2, 0.25) is 5.88 Å². The van der Waals surface area contributed by atoms with E-state index >= 15 is 0 Å². The zero-order valence-electron chi connectivity index (χ0n) is 12.9. The van der Waals surface area contributed by atoms with Crippen LogP contribution in [0.1, 0.15) is 0 Å². The van der Waals surface area contributed by atoms with Crippen LogP contribution >= 0.6 is 0 Å². The molecule has 3 heterocycles. The van der Waals surface area contributed by atoms with E-state index in [1.807, 2.05) is 0 Å². The largest absolute Gasteiger partial charge is 0.534 e. The van der Waals surface area contributed by atoms with E-state index in [-0.39, 0.29) is 16.9 Å². The number of alkyl halides is 3. The molecular weight excluding hydrogens is 397 g/mol. The Morgan fingerprint density at radius 2 is 1.70 bits per heavy atom. The van der Waals surface area contributed by atoms with Crippen LogP contribution in [0.5, 0.6) is 5.75 Å². The Morgan fingerprint density at radius 3 is 2.30 bits per heavy atom. The van der Waals surface area contributed by atoms with Gasteiger partial charge in [-0.25, -0.2) is 10.0 Å². The van der Waals surface area contributed by atoms with E-state index in [0.717, 1.165) is 6.07 Å². The number of nitrogens with zero attached hydrogens (tertiary/aromatic N) is 2. The number of fused-ring (bicyclic) bond motifs is 1. The summed E-state index contributed by atoms with van der Waals surface area (Å²) >= 11 is 0. The first-order valence-corrected chi connectivity index (χ1v) is 8.49. The van der Waals surface area contributed by atoms with Gasteiger partial charge in [-0.2, -0.15) is 21.6 Å². The maximum atomic E-state index is 12.7. The van der Waals surface area contributed by atoms with E-state index in [0.29, 0.717) is 5.69 Å². The molecule has 2 aliphatic rings. The van der Waals surface area contributed by atoms with Gasteiger partial charge in [0.1, 0.15) is 12.5 Å². The average molecular weight is 406 g/mol. The molecule has 1 aromatic heterocycles. The molecule has 10 nitrogen and oxygen atoms in total. The van der Waals surface area contributed by atoms with Crippen LogP contribution in [-0.4, -0.2) is 13.9 Å². The summed E-state index contributed by atoms with van der Waals surface area (Å²) in [5.41, 5.74) is -0.483. The summed E-state index contributed by atoms with van der Waals surface area (Å²) in [4.78, 5) is 9.66. The molecule has 0 radical (unpaired) electrons. The van der Waals surface area contributed by atoms with E-state index in [1.165, 1.54) is 47.1 Å². The van der Waals surface area contributed by atoms with Gasteiger partial charge in [0.25, 0.3) is 0 Å². The summed E-state index contributed by atoms with van der Waals surface area (Å²) in [6, 6.07) is 3.81. The Morgan fingerprint density at radius 1 is 1.04 bits per heavy atom. The smallest absolute Gasteiger partial charge is 0.435 e. The first-order valence-electron chi connectivity index (χ1n) is 7.08. The highest BCUT2D eigenvalue weighted by atomic mass is 32.2. The number of hydrogen-bond donors (Lipinski definition) is 2. The molecule has 0 spiro atoms. The zero-order chi connectivity index (χ0) is 19.2. The second-order valence-electron chi connectivity index (χ2n) is 5.12. The minimum absolute atomic E-state index is 0.101. The van der Waals surface area contributed by atoms with Gasteiger partial charge >= 0.3 is 15.6 Å². The lowest BCUT2D eigenvalue weighted by Gasteiger charge is -2.16. The molecule has 2 N–H and O–H groups in total. The Bertz CT molecular complexity index is 1050. The highest BCUT2D eigenvalue weighted by Gasteiger charge is 2.49. The number of hydrogen-bond acceptors (Lipinski definition) is 10. The highest BCUT2D eigenvalue weighted by Crippen LogP contribution is 2.40. The standard InChI is InChI=1S/C13H9F3N4O6S/c14-13(15,16)27(21,22)26-10-2-1-9(19-3-5-23-17-19)8-7-11(25-12(8)10)20-4-6-24-18-20/h1-7,17-18H. The zero-order valence-corrected chi connectivity index (χ0v) is 13.7. The van der Waals surface area contributed by atoms with E-state index in [2.05, 4.69) is 15.4 Å². The third-order valence-electron chi connectivity index (χ3n) is 3.45. The molecule has 2 aromatic rings. The molecule has 2 aliphatic heterocycles. The number of furan rings is 1. The van der Waals surface area contributed by atoms with E-state index in [1.54, 1.807) is 0 Å².